The van der Waals surface area contributed by atoms with E-state index in [0.717, 1.165) is 33.9 Å². The van der Waals surface area contributed by atoms with Crippen LogP contribution < -0.4 is 4.90 Å². The average molecular weight is 841 g/mol. The summed E-state index contributed by atoms with van der Waals surface area (Å²) in [5.74, 6) is 0. The van der Waals surface area contributed by atoms with E-state index in [1.165, 1.54) is 77.1 Å². The molecule has 0 N–H and O–H groups in total. The molecule has 0 unspecified atom stereocenters. The van der Waals surface area contributed by atoms with Gasteiger partial charge in [-0.15, -0.1) is 0 Å². The Morgan fingerprint density at radius 1 is 0.227 bits per heavy atom. The molecule has 1 heterocycles. The van der Waals surface area contributed by atoms with Crippen LogP contribution in [0.5, 0.6) is 0 Å². The third kappa shape index (κ3) is 7.31. The van der Waals surface area contributed by atoms with Gasteiger partial charge < -0.3 is 9.47 Å². The van der Waals surface area contributed by atoms with Crippen molar-refractivity contribution in [1.29, 1.82) is 0 Å². The van der Waals surface area contributed by atoms with Crippen LogP contribution in [0.15, 0.2) is 267 Å². The SMILES string of the molecule is c1ccc(-c2ccc(-c3cccc(N(c4ccc(-c5cccc(-c6ccc7ccccc7c6)c5)cc4)c4ccc(-c5cccc(-n6c7ccccc7c7ccccc76)c5)cc4)c3)cc2)cc1. The highest BCUT2D eigenvalue weighted by Crippen LogP contribution is 2.40. The second-order valence-electron chi connectivity index (χ2n) is 17.0. The Morgan fingerprint density at radius 2 is 0.636 bits per heavy atom. The summed E-state index contributed by atoms with van der Waals surface area (Å²) in [6.45, 7) is 0. The number of benzene rings is 11. The number of aromatic nitrogens is 1. The van der Waals surface area contributed by atoms with Crippen molar-refractivity contribution in [2.45, 2.75) is 0 Å². The highest BCUT2D eigenvalue weighted by Gasteiger charge is 2.16. The Bertz CT molecular complexity index is 3620. The van der Waals surface area contributed by atoms with Crippen molar-refractivity contribution in [3.05, 3.63) is 267 Å². The van der Waals surface area contributed by atoms with E-state index >= 15 is 0 Å². The first-order valence-electron chi connectivity index (χ1n) is 22.7. The monoisotopic (exact) mass is 840 g/mol. The molecule has 1 aromatic heterocycles. The van der Waals surface area contributed by atoms with Crippen LogP contribution in [0.1, 0.15) is 0 Å². The Labute approximate surface area is 385 Å². The molecular formula is C64H44N2. The van der Waals surface area contributed by atoms with Gasteiger partial charge in [0.2, 0.25) is 0 Å². The second kappa shape index (κ2) is 16.8. The molecule has 0 fully saturated rings. The van der Waals surface area contributed by atoms with Crippen molar-refractivity contribution >= 4 is 49.6 Å². The maximum absolute atomic E-state index is 2.38. The first-order valence-corrected chi connectivity index (χ1v) is 22.7. The number of anilines is 3. The summed E-state index contributed by atoms with van der Waals surface area (Å²) in [7, 11) is 0. The number of para-hydroxylation sites is 2. The molecule has 0 aliphatic rings. The molecule has 12 rings (SSSR count). The van der Waals surface area contributed by atoms with Gasteiger partial charge in [0.15, 0.2) is 0 Å². The standard InChI is InChI=1S/C64H44N2/c1-2-13-45(14-3-1)47-27-29-48(30-28-47)54-19-11-21-59(43-54)65(57-37-33-49(34-38-57)52-17-10-18-53(41-52)56-32-31-46-15-4-5-16-51(46)42-56)58-39-35-50(36-40-58)55-20-12-22-60(44-55)66-63-25-8-6-23-61(63)62-24-7-9-26-64(62)66/h1-44H. The van der Waals surface area contributed by atoms with Gasteiger partial charge in [0.05, 0.1) is 11.0 Å². The molecule has 0 aliphatic heterocycles. The molecule has 0 spiro atoms. The molecule has 0 amide bonds. The quantitative estimate of drug-likeness (QED) is 0.141. The Morgan fingerprint density at radius 3 is 1.27 bits per heavy atom. The highest BCUT2D eigenvalue weighted by atomic mass is 15.1. The summed E-state index contributed by atoms with van der Waals surface area (Å²) in [5, 5.41) is 5.03. The van der Waals surface area contributed by atoms with Crippen LogP contribution >= 0.6 is 0 Å². The van der Waals surface area contributed by atoms with Gasteiger partial charge in [0.1, 0.15) is 0 Å². The zero-order valence-corrected chi connectivity index (χ0v) is 36.3. The Balaban J connectivity index is 0.904. The molecule has 2 heteroatoms. The van der Waals surface area contributed by atoms with Crippen LogP contribution in [0.3, 0.4) is 0 Å². The maximum atomic E-state index is 2.38. The smallest absolute Gasteiger partial charge is 0.0541 e. The lowest BCUT2D eigenvalue weighted by Gasteiger charge is -2.26. The van der Waals surface area contributed by atoms with E-state index < -0.39 is 0 Å². The van der Waals surface area contributed by atoms with Crippen LogP contribution in [-0.2, 0) is 0 Å². The van der Waals surface area contributed by atoms with Crippen LogP contribution in [0.2, 0.25) is 0 Å². The lowest BCUT2D eigenvalue weighted by molar-refractivity contribution is 1.18. The van der Waals surface area contributed by atoms with Gasteiger partial charge in [0, 0.05) is 33.5 Å². The van der Waals surface area contributed by atoms with Crippen molar-refractivity contribution in [3.8, 4) is 61.3 Å². The summed E-state index contributed by atoms with van der Waals surface area (Å²) >= 11 is 0. The number of nitrogens with zero attached hydrogens (tertiary/aromatic N) is 2. The van der Waals surface area contributed by atoms with Gasteiger partial charge >= 0.3 is 0 Å². The predicted octanol–water partition coefficient (Wildman–Crippen LogP) is 17.7. The van der Waals surface area contributed by atoms with Gasteiger partial charge in [0.25, 0.3) is 0 Å². The van der Waals surface area contributed by atoms with Gasteiger partial charge in [-0.1, -0.05) is 194 Å². The third-order valence-corrected chi connectivity index (χ3v) is 13.0. The second-order valence-corrected chi connectivity index (χ2v) is 17.0. The molecule has 12 aromatic rings. The predicted molar refractivity (Wildman–Crippen MR) is 280 cm³/mol. The van der Waals surface area contributed by atoms with Crippen molar-refractivity contribution in [2.75, 3.05) is 4.90 Å². The van der Waals surface area contributed by atoms with E-state index in [1.54, 1.807) is 0 Å². The normalized spacial score (nSPS) is 11.3. The fourth-order valence-corrected chi connectivity index (χ4v) is 9.64. The molecular weight excluding hydrogens is 797 g/mol. The summed E-state index contributed by atoms with van der Waals surface area (Å²) in [6.07, 6.45) is 0. The molecule has 0 atom stereocenters. The summed E-state index contributed by atoms with van der Waals surface area (Å²) in [5.41, 5.74) is 18.7. The van der Waals surface area contributed by atoms with E-state index in [4.69, 9.17) is 0 Å². The summed E-state index contributed by atoms with van der Waals surface area (Å²) in [6, 6.07) is 96.8. The molecule has 66 heavy (non-hydrogen) atoms. The van der Waals surface area contributed by atoms with Crippen LogP contribution in [0.25, 0.3) is 93.9 Å². The highest BCUT2D eigenvalue weighted by molar-refractivity contribution is 6.09. The van der Waals surface area contributed by atoms with Crippen LogP contribution in [0, 0.1) is 0 Å². The number of fused-ring (bicyclic) bond motifs is 4. The molecule has 0 bridgehead atoms. The average Bonchev–Trinajstić information content (AvgIpc) is 3.74. The summed E-state index contributed by atoms with van der Waals surface area (Å²) in [4.78, 5) is 2.37. The molecule has 0 radical (unpaired) electrons. The molecule has 310 valence electrons. The Hall–Kier alpha value is -8.72. The van der Waals surface area contributed by atoms with E-state index in [2.05, 4.69) is 276 Å². The fourth-order valence-electron chi connectivity index (χ4n) is 9.64. The molecule has 0 saturated heterocycles. The number of hydrogen-bond donors (Lipinski definition) is 0. The Kier molecular flexibility index (Phi) is 9.89. The van der Waals surface area contributed by atoms with Gasteiger partial charge in [-0.2, -0.15) is 0 Å². The van der Waals surface area contributed by atoms with Gasteiger partial charge in [-0.25, -0.2) is 0 Å². The van der Waals surface area contributed by atoms with Gasteiger partial charge in [-0.05, 0) is 139 Å². The van der Waals surface area contributed by atoms with E-state index in [9.17, 15) is 0 Å². The summed E-state index contributed by atoms with van der Waals surface area (Å²) < 4.78 is 2.38. The number of hydrogen-bond acceptors (Lipinski definition) is 1. The molecule has 0 aliphatic carbocycles. The van der Waals surface area contributed by atoms with Crippen LogP contribution in [0.4, 0.5) is 17.1 Å². The largest absolute Gasteiger partial charge is 0.310 e. The van der Waals surface area contributed by atoms with E-state index in [1.807, 2.05) is 0 Å². The van der Waals surface area contributed by atoms with E-state index in [0.29, 0.717) is 0 Å². The number of rotatable bonds is 9. The minimum atomic E-state index is 1.08. The topological polar surface area (TPSA) is 8.17 Å². The molecule has 2 nitrogen and oxygen atoms in total. The first kappa shape index (κ1) is 38.9. The first-order chi connectivity index (χ1) is 32.7. The maximum Gasteiger partial charge on any atom is 0.0541 e. The minimum absolute atomic E-state index is 1.08. The van der Waals surface area contributed by atoms with Crippen molar-refractivity contribution in [1.82, 2.24) is 4.57 Å². The lowest BCUT2D eigenvalue weighted by Crippen LogP contribution is -2.10. The third-order valence-electron chi connectivity index (χ3n) is 13.0. The zero-order chi connectivity index (χ0) is 43.8. The van der Waals surface area contributed by atoms with Crippen molar-refractivity contribution in [3.63, 3.8) is 0 Å². The minimum Gasteiger partial charge on any atom is -0.310 e. The van der Waals surface area contributed by atoms with Crippen molar-refractivity contribution in [2.24, 2.45) is 0 Å². The van der Waals surface area contributed by atoms with Crippen LogP contribution in [-0.4, -0.2) is 4.57 Å². The van der Waals surface area contributed by atoms with Gasteiger partial charge in [-0.3, -0.25) is 0 Å². The molecule has 11 aromatic carbocycles. The van der Waals surface area contributed by atoms with E-state index in [-0.39, 0.29) is 0 Å². The van der Waals surface area contributed by atoms with Crippen molar-refractivity contribution < 1.29 is 0 Å². The zero-order valence-electron chi connectivity index (χ0n) is 36.3. The molecule has 0 saturated carbocycles. The lowest BCUT2D eigenvalue weighted by atomic mass is 9.97. The fraction of sp³-hybridized carbons (Fsp3) is 0.